The average Bonchev–Trinajstić information content (AvgIpc) is 3.43. The third-order valence-electron chi connectivity index (χ3n) is 7.57. The van der Waals surface area contributed by atoms with Crippen LogP contribution in [0.1, 0.15) is 50.0 Å². The van der Waals surface area contributed by atoms with E-state index >= 15 is 0 Å². The molecule has 7 heteroatoms. The predicted molar refractivity (Wildman–Crippen MR) is 153 cm³/mol. The van der Waals surface area contributed by atoms with E-state index in [1.165, 1.54) is 18.8 Å². The summed E-state index contributed by atoms with van der Waals surface area (Å²) in [7, 11) is 2.22. The van der Waals surface area contributed by atoms with Crippen molar-refractivity contribution in [1.82, 2.24) is 10.2 Å². The molecule has 2 heterocycles. The zero-order valence-electron chi connectivity index (χ0n) is 22.8. The fourth-order valence-corrected chi connectivity index (χ4v) is 5.56. The lowest BCUT2D eigenvalue weighted by Crippen LogP contribution is -2.27. The van der Waals surface area contributed by atoms with Crippen molar-refractivity contribution in [3.8, 4) is 0 Å². The second kappa shape index (κ2) is 11.8. The lowest BCUT2D eigenvalue weighted by atomic mass is 9.98. The molecule has 2 amide bonds. The molecule has 2 aliphatic rings. The van der Waals surface area contributed by atoms with Crippen LogP contribution in [0.3, 0.4) is 0 Å². The minimum atomic E-state index is -0.111. The number of anilines is 3. The first kappa shape index (κ1) is 26.7. The Labute approximate surface area is 221 Å². The number of likely N-dealkylation sites (tertiary alicyclic amines) is 1. The maximum Gasteiger partial charge on any atom is 0.251 e. The highest BCUT2D eigenvalue weighted by molar-refractivity contribution is 5.97. The number of nitrogens with one attached hydrogen (secondary N) is 3. The normalized spacial score (nSPS) is 20.0. The minimum absolute atomic E-state index is 0.111. The number of carbonyl (C=O) groups excluding carboxylic acids is 2. The molecule has 2 unspecified atom stereocenters. The highest BCUT2D eigenvalue weighted by Crippen LogP contribution is 2.34. The number of fused-ring (bicyclic) bond motifs is 1. The first-order valence-corrected chi connectivity index (χ1v) is 13.4. The Balaban J connectivity index is 1.52. The summed E-state index contributed by atoms with van der Waals surface area (Å²) in [5, 5.41) is 9.35. The van der Waals surface area contributed by atoms with Crippen LogP contribution in [0.2, 0.25) is 0 Å². The maximum atomic E-state index is 12.7. The third kappa shape index (κ3) is 6.34. The largest absolute Gasteiger partial charge is 0.371 e. The van der Waals surface area contributed by atoms with Crippen LogP contribution in [0.4, 0.5) is 17.1 Å². The van der Waals surface area contributed by atoms with E-state index in [2.05, 4.69) is 77.8 Å². The Morgan fingerprint density at radius 3 is 2.32 bits per heavy atom. The van der Waals surface area contributed by atoms with E-state index in [-0.39, 0.29) is 5.91 Å². The maximum absolute atomic E-state index is 12.7. The van der Waals surface area contributed by atoms with Gasteiger partial charge in [0.1, 0.15) is 0 Å². The Morgan fingerprint density at radius 1 is 1.05 bits per heavy atom. The van der Waals surface area contributed by atoms with Gasteiger partial charge in [0.15, 0.2) is 0 Å². The van der Waals surface area contributed by atoms with Crippen LogP contribution in [-0.4, -0.2) is 57.0 Å². The van der Waals surface area contributed by atoms with Crippen molar-refractivity contribution in [3.63, 3.8) is 0 Å². The second-order valence-electron chi connectivity index (χ2n) is 10.9. The highest BCUT2D eigenvalue weighted by Gasteiger charge is 2.38. The van der Waals surface area contributed by atoms with Gasteiger partial charge >= 0.3 is 0 Å². The van der Waals surface area contributed by atoms with Gasteiger partial charge in [-0.25, -0.2) is 0 Å². The molecule has 0 radical (unpaired) electrons. The van der Waals surface area contributed by atoms with Crippen molar-refractivity contribution in [2.75, 3.05) is 55.3 Å². The number of hydrogen-bond acceptors (Lipinski definition) is 5. The molecule has 2 aromatic carbocycles. The molecule has 4 rings (SSSR count). The number of allylic oxidation sites excluding steroid dienone is 2. The SMILES string of the molecule is CC/C(Nc1ccc(N2CC3CN(C)CC3C2)cc1)=C(/C)c1cc(C(=O)NCC(C)C)ccc1NC=O. The number of hydrogen-bond donors (Lipinski definition) is 3. The number of rotatable bonds is 10. The molecular formula is C30H41N5O2. The zero-order chi connectivity index (χ0) is 26.5. The monoisotopic (exact) mass is 503 g/mol. The van der Waals surface area contributed by atoms with Crippen LogP contribution >= 0.6 is 0 Å². The van der Waals surface area contributed by atoms with Gasteiger partial charge < -0.3 is 25.8 Å². The summed E-state index contributed by atoms with van der Waals surface area (Å²) in [5.41, 5.74) is 6.42. The molecule has 2 aliphatic heterocycles. The van der Waals surface area contributed by atoms with Gasteiger partial charge in [-0.1, -0.05) is 20.8 Å². The summed E-state index contributed by atoms with van der Waals surface area (Å²) >= 11 is 0. The molecule has 7 nitrogen and oxygen atoms in total. The van der Waals surface area contributed by atoms with Crippen molar-refractivity contribution in [3.05, 3.63) is 59.3 Å². The highest BCUT2D eigenvalue weighted by atomic mass is 16.1. The van der Waals surface area contributed by atoms with Crippen molar-refractivity contribution in [1.29, 1.82) is 0 Å². The first-order valence-electron chi connectivity index (χ1n) is 13.4. The molecule has 0 aromatic heterocycles. The van der Waals surface area contributed by atoms with E-state index in [1.54, 1.807) is 12.1 Å². The van der Waals surface area contributed by atoms with E-state index < -0.39 is 0 Å². The molecule has 0 saturated carbocycles. The summed E-state index contributed by atoms with van der Waals surface area (Å²) in [6.07, 6.45) is 1.45. The van der Waals surface area contributed by atoms with Crippen LogP contribution in [0.15, 0.2) is 48.2 Å². The smallest absolute Gasteiger partial charge is 0.251 e. The van der Waals surface area contributed by atoms with E-state index in [0.717, 1.165) is 53.9 Å². The number of benzene rings is 2. The van der Waals surface area contributed by atoms with Gasteiger partial charge in [0, 0.05) is 66.6 Å². The number of amides is 2. The van der Waals surface area contributed by atoms with Gasteiger partial charge in [0.25, 0.3) is 5.91 Å². The van der Waals surface area contributed by atoms with Crippen LogP contribution in [0.25, 0.3) is 5.57 Å². The van der Waals surface area contributed by atoms with E-state index in [0.29, 0.717) is 30.1 Å². The van der Waals surface area contributed by atoms with Gasteiger partial charge in [0.05, 0.1) is 0 Å². The standard InChI is InChI=1S/C30H41N5O2/c1-6-28(21(4)27-13-22(7-12-29(27)32-19-36)30(37)31-14-20(2)3)33-25-8-10-26(11-9-25)35-17-23-15-34(5)16-24(23)18-35/h7-13,19-20,23-24,33H,6,14-18H2,1-5H3,(H,31,37)(H,32,36)/b28-21+. The molecule has 2 aromatic rings. The fraction of sp³-hybridized carbons (Fsp3) is 0.467. The Morgan fingerprint density at radius 2 is 1.73 bits per heavy atom. The van der Waals surface area contributed by atoms with Crippen LogP contribution in [0.5, 0.6) is 0 Å². The molecule has 0 bridgehead atoms. The van der Waals surface area contributed by atoms with Gasteiger partial charge in [-0.15, -0.1) is 0 Å². The fourth-order valence-electron chi connectivity index (χ4n) is 5.56. The van der Waals surface area contributed by atoms with Gasteiger partial charge in [0.2, 0.25) is 6.41 Å². The second-order valence-corrected chi connectivity index (χ2v) is 10.9. The van der Waals surface area contributed by atoms with Crippen LogP contribution in [-0.2, 0) is 4.79 Å². The minimum Gasteiger partial charge on any atom is -0.371 e. The number of carbonyl (C=O) groups is 2. The Hall–Kier alpha value is -3.32. The van der Waals surface area contributed by atoms with E-state index in [9.17, 15) is 9.59 Å². The van der Waals surface area contributed by atoms with E-state index in [4.69, 9.17) is 0 Å². The summed E-state index contributed by atoms with van der Waals surface area (Å²) in [6, 6.07) is 14.1. The Bertz CT molecular complexity index is 1130. The van der Waals surface area contributed by atoms with Crippen LogP contribution < -0.4 is 20.9 Å². The Kier molecular flexibility index (Phi) is 8.54. The molecule has 0 spiro atoms. The van der Waals surface area contributed by atoms with E-state index in [1.807, 2.05) is 13.0 Å². The van der Waals surface area contributed by atoms with Crippen molar-refractivity contribution in [2.24, 2.45) is 17.8 Å². The molecule has 3 N–H and O–H groups in total. The lowest BCUT2D eigenvalue weighted by molar-refractivity contribution is -0.105. The molecule has 37 heavy (non-hydrogen) atoms. The lowest BCUT2D eigenvalue weighted by Gasteiger charge is -2.22. The summed E-state index contributed by atoms with van der Waals surface area (Å²) in [5.74, 6) is 1.81. The predicted octanol–water partition coefficient (Wildman–Crippen LogP) is 4.89. The molecule has 2 saturated heterocycles. The molecular weight excluding hydrogens is 462 g/mol. The topological polar surface area (TPSA) is 76.7 Å². The van der Waals surface area contributed by atoms with Crippen molar-refractivity contribution >= 4 is 35.0 Å². The average molecular weight is 504 g/mol. The molecule has 198 valence electrons. The molecule has 2 fully saturated rings. The third-order valence-corrected chi connectivity index (χ3v) is 7.57. The summed E-state index contributed by atoms with van der Waals surface area (Å²) in [4.78, 5) is 28.9. The first-order chi connectivity index (χ1) is 17.8. The zero-order valence-corrected chi connectivity index (χ0v) is 22.8. The molecule has 0 aliphatic carbocycles. The van der Waals surface area contributed by atoms with Crippen LogP contribution in [0, 0.1) is 17.8 Å². The number of nitrogens with zero attached hydrogens (tertiary/aromatic N) is 2. The summed E-state index contributed by atoms with van der Waals surface area (Å²) in [6.45, 7) is 13.5. The van der Waals surface area contributed by atoms with Crippen molar-refractivity contribution in [2.45, 2.75) is 34.1 Å². The van der Waals surface area contributed by atoms with Crippen molar-refractivity contribution < 1.29 is 9.59 Å². The quantitative estimate of drug-likeness (QED) is 0.403. The molecule has 2 atom stereocenters. The van der Waals surface area contributed by atoms with Gasteiger partial charge in [-0.2, -0.15) is 0 Å². The summed E-state index contributed by atoms with van der Waals surface area (Å²) < 4.78 is 0. The van der Waals surface area contributed by atoms with Gasteiger partial charge in [-0.3, -0.25) is 9.59 Å². The van der Waals surface area contributed by atoms with Gasteiger partial charge in [-0.05, 0) is 86.2 Å².